The number of benzene rings is 2. The van der Waals surface area contributed by atoms with E-state index >= 15 is 0 Å². The fraction of sp³-hybridized carbons (Fsp3) is 0.261. The topological polar surface area (TPSA) is 16.1 Å². The number of hydrogen-bond acceptors (Lipinski definition) is 2. The lowest BCUT2D eigenvalue weighted by Gasteiger charge is -2.45. The second-order valence-corrected chi connectivity index (χ2v) is 7.75. The minimum absolute atomic E-state index is 0.0410. The van der Waals surface area contributed by atoms with Gasteiger partial charge in [0.1, 0.15) is 0 Å². The van der Waals surface area contributed by atoms with Crippen LogP contribution in [0, 0.1) is 0 Å². The van der Waals surface area contributed by atoms with E-state index in [9.17, 15) is 0 Å². The molecule has 1 aliphatic heterocycles. The largest absolute Gasteiger partial charge is 0.365 e. The van der Waals surface area contributed by atoms with Crippen molar-refractivity contribution >= 4 is 5.69 Å². The predicted molar refractivity (Wildman–Crippen MR) is 104 cm³/mol. The molecule has 2 aromatic carbocycles. The van der Waals surface area contributed by atoms with Crippen LogP contribution in [0.3, 0.4) is 0 Å². The van der Waals surface area contributed by atoms with E-state index in [1.807, 2.05) is 6.20 Å². The molecule has 1 aromatic heterocycles. The molecule has 124 valence electrons. The maximum absolute atomic E-state index is 4.70. The minimum Gasteiger partial charge on any atom is -0.365 e. The van der Waals surface area contributed by atoms with Gasteiger partial charge in [-0.25, -0.2) is 0 Å². The monoisotopic (exact) mass is 326 g/mol. The van der Waals surface area contributed by atoms with Gasteiger partial charge >= 0.3 is 0 Å². The Morgan fingerprint density at radius 1 is 0.960 bits per heavy atom. The highest BCUT2D eigenvalue weighted by Crippen LogP contribution is 2.55. The lowest BCUT2D eigenvalue weighted by Crippen LogP contribution is -2.41. The summed E-state index contributed by atoms with van der Waals surface area (Å²) in [7, 11) is 2.20. The zero-order valence-electron chi connectivity index (χ0n) is 15.2. The van der Waals surface area contributed by atoms with Crippen LogP contribution in [0.2, 0.25) is 0 Å². The van der Waals surface area contributed by atoms with E-state index < -0.39 is 0 Å². The molecule has 2 heteroatoms. The number of rotatable bonds is 0. The molecule has 2 aliphatic rings. The number of anilines is 1. The smallest absolute Gasteiger partial charge is 0.0743 e. The van der Waals surface area contributed by atoms with Crippen molar-refractivity contribution in [3.8, 4) is 22.4 Å². The zero-order valence-corrected chi connectivity index (χ0v) is 15.2. The van der Waals surface area contributed by atoms with E-state index in [4.69, 9.17) is 4.98 Å². The van der Waals surface area contributed by atoms with Gasteiger partial charge in [0, 0.05) is 36.0 Å². The van der Waals surface area contributed by atoms with Crippen LogP contribution in [0.4, 0.5) is 5.69 Å². The van der Waals surface area contributed by atoms with Gasteiger partial charge in [-0.1, -0.05) is 43.3 Å². The molecule has 2 nitrogen and oxygen atoms in total. The molecule has 2 heterocycles. The average molecular weight is 326 g/mol. The van der Waals surface area contributed by atoms with Gasteiger partial charge in [0.2, 0.25) is 0 Å². The first kappa shape index (κ1) is 14.7. The molecule has 0 bridgehead atoms. The Bertz CT molecular complexity index is 1020. The first-order valence-corrected chi connectivity index (χ1v) is 8.97. The van der Waals surface area contributed by atoms with Gasteiger partial charge in [-0.15, -0.1) is 0 Å². The highest BCUT2D eigenvalue weighted by atomic mass is 15.2. The average Bonchev–Trinajstić information content (AvgIpc) is 2.93. The highest BCUT2D eigenvalue weighted by molar-refractivity contribution is 5.93. The Morgan fingerprint density at radius 2 is 1.76 bits per heavy atom. The number of para-hydroxylation sites is 1. The van der Waals surface area contributed by atoms with E-state index in [1.54, 1.807) is 0 Å². The Morgan fingerprint density at radius 3 is 2.60 bits per heavy atom. The van der Waals surface area contributed by atoms with Crippen LogP contribution in [0.25, 0.3) is 22.4 Å². The lowest BCUT2D eigenvalue weighted by molar-refractivity contribution is 0.510. The number of nitrogens with zero attached hydrogens (tertiary/aromatic N) is 2. The van der Waals surface area contributed by atoms with Crippen LogP contribution in [-0.4, -0.2) is 12.0 Å². The normalized spacial score (nSPS) is 19.0. The first-order chi connectivity index (χ1) is 12.0. The van der Waals surface area contributed by atoms with E-state index in [0.717, 1.165) is 5.69 Å². The third-order valence-electron chi connectivity index (χ3n) is 6.27. The quantitative estimate of drug-likeness (QED) is 0.537. The molecule has 0 saturated carbocycles. The van der Waals surface area contributed by atoms with Crippen molar-refractivity contribution in [3.63, 3.8) is 0 Å². The molecule has 0 radical (unpaired) electrons. The van der Waals surface area contributed by atoms with Crippen molar-refractivity contribution in [1.82, 2.24) is 4.98 Å². The van der Waals surface area contributed by atoms with E-state index in [2.05, 4.69) is 81.2 Å². The van der Waals surface area contributed by atoms with Crippen LogP contribution in [-0.2, 0) is 5.54 Å². The number of aromatic nitrogens is 1. The number of hydrogen-bond donors (Lipinski definition) is 0. The molecule has 25 heavy (non-hydrogen) atoms. The fourth-order valence-corrected chi connectivity index (χ4v) is 4.68. The molecule has 1 unspecified atom stereocenters. The SMILES string of the molecule is CC1c2cccnc2-c2ccc3c(c21)-c1ccccc1N(C)C3(C)C. The van der Waals surface area contributed by atoms with Gasteiger partial charge in [-0.3, -0.25) is 4.98 Å². The van der Waals surface area contributed by atoms with Crippen LogP contribution >= 0.6 is 0 Å². The summed E-state index contributed by atoms with van der Waals surface area (Å²) in [6, 6.07) is 17.7. The second-order valence-electron chi connectivity index (χ2n) is 7.75. The summed E-state index contributed by atoms with van der Waals surface area (Å²) in [6.45, 7) is 6.96. The summed E-state index contributed by atoms with van der Waals surface area (Å²) >= 11 is 0. The van der Waals surface area contributed by atoms with Gasteiger partial charge in [0.05, 0.1) is 11.2 Å². The zero-order chi connectivity index (χ0) is 17.3. The Labute approximate surface area is 149 Å². The second kappa shape index (κ2) is 4.72. The van der Waals surface area contributed by atoms with Crippen molar-refractivity contribution in [3.05, 3.63) is 71.4 Å². The Kier molecular flexibility index (Phi) is 2.78. The summed E-state index contributed by atoms with van der Waals surface area (Å²) in [4.78, 5) is 7.10. The molecular formula is C23H22N2. The highest BCUT2D eigenvalue weighted by Gasteiger charge is 2.39. The van der Waals surface area contributed by atoms with Crippen LogP contribution in [0.1, 0.15) is 43.4 Å². The van der Waals surface area contributed by atoms with Crippen molar-refractivity contribution in [1.29, 1.82) is 0 Å². The molecule has 0 amide bonds. The minimum atomic E-state index is -0.0410. The van der Waals surface area contributed by atoms with Crippen molar-refractivity contribution < 1.29 is 0 Å². The van der Waals surface area contributed by atoms with Crippen LogP contribution in [0.5, 0.6) is 0 Å². The summed E-state index contributed by atoms with van der Waals surface area (Å²) < 4.78 is 0. The summed E-state index contributed by atoms with van der Waals surface area (Å²) in [5.41, 5.74) is 10.7. The van der Waals surface area contributed by atoms with Gasteiger partial charge in [0.25, 0.3) is 0 Å². The molecule has 0 saturated heterocycles. The third-order valence-corrected chi connectivity index (χ3v) is 6.27. The number of fused-ring (bicyclic) bond motifs is 7. The molecule has 5 rings (SSSR count). The number of pyridine rings is 1. The summed E-state index contributed by atoms with van der Waals surface area (Å²) in [5.74, 6) is 0.376. The van der Waals surface area contributed by atoms with Crippen molar-refractivity contribution in [2.75, 3.05) is 11.9 Å². The van der Waals surface area contributed by atoms with E-state index in [-0.39, 0.29) is 5.54 Å². The molecule has 0 spiro atoms. The van der Waals surface area contributed by atoms with Crippen LogP contribution < -0.4 is 4.90 Å². The summed E-state index contributed by atoms with van der Waals surface area (Å²) in [5, 5.41) is 0. The van der Waals surface area contributed by atoms with Gasteiger partial charge in [-0.05, 0) is 48.2 Å². The van der Waals surface area contributed by atoms with Gasteiger partial charge in [-0.2, -0.15) is 0 Å². The Hall–Kier alpha value is -2.61. The molecular weight excluding hydrogens is 304 g/mol. The Balaban J connectivity index is 1.91. The molecule has 0 N–H and O–H groups in total. The van der Waals surface area contributed by atoms with Gasteiger partial charge < -0.3 is 4.90 Å². The first-order valence-electron chi connectivity index (χ1n) is 8.97. The lowest BCUT2D eigenvalue weighted by atomic mass is 9.76. The van der Waals surface area contributed by atoms with Gasteiger partial charge in [0.15, 0.2) is 0 Å². The third kappa shape index (κ3) is 1.72. The fourth-order valence-electron chi connectivity index (χ4n) is 4.68. The van der Waals surface area contributed by atoms with Crippen LogP contribution in [0.15, 0.2) is 54.7 Å². The predicted octanol–water partition coefficient (Wildman–Crippen LogP) is 5.57. The van der Waals surface area contributed by atoms with Crippen molar-refractivity contribution in [2.45, 2.75) is 32.2 Å². The molecule has 0 fully saturated rings. The molecule has 1 aliphatic carbocycles. The van der Waals surface area contributed by atoms with E-state index in [1.165, 1.54) is 39.1 Å². The van der Waals surface area contributed by atoms with Crippen molar-refractivity contribution in [2.24, 2.45) is 0 Å². The standard InChI is InChI=1S/C23H22N2/c1-14-15-9-7-13-24-22(15)17-11-12-18-21(20(14)17)16-8-5-6-10-19(16)25(4)23(18,2)3/h5-14H,1-4H3. The molecule has 3 aromatic rings. The maximum atomic E-state index is 4.70. The molecule has 1 atom stereocenters. The maximum Gasteiger partial charge on any atom is 0.0743 e. The summed E-state index contributed by atoms with van der Waals surface area (Å²) in [6.07, 6.45) is 1.91. The van der Waals surface area contributed by atoms with E-state index in [0.29, 0.717) is 5.92 Å².